The molecule has 1 N–H and O–H groups in total. The fourth-order valence-electron chi connectivity index (χ4n) is 3.11. The van der Waals surface area contributed by atoms with Crippen LogP contribution >= 0.6 is 0 Å². The second kappa shape index (κ2) is 6.29. The standard InChI is InChI=1S/C20H22N2O/c1-4-15-10-12-16(13-11-15)21-20(23)19-14(3)17-8-6-7-9-18(17)22(19)5-2/h6-13H,4-5H2,1-3H3,(H,21,23). The molecule has 2 aromatic carbocycles. The maximum atomic E-state index is 12.8. The van der Waals surface area contributed by atoms with Crippen molar-refractivity contribution in [1.29, 1.82) is 0 Å². The molecule has 0 saturated carbocycles. The van der Waals surface area contributed by atoms with E-state index in [2.05, 4.69) is 48.0 Å². The average molecular weight is 306 g/mol. The van der Waals surface area contributed by atoms with Crippen molar-refractivity contribution in [1.82, 2.24) is 4.57 Å². The molecule has 0 saturated heterocycles. The van der Waals surface area contributed by atoms with E-state index < -0.39 is 0 Å². The number of carbonyl (C=O) groups is 1. The maximum Gasteiger partial charge on any atom is 0.272 e. The summed E-state index contributed by atoms with van der Waals surface area (Å²) in [7, 11) is 0. The van der Waals surface area contributed by atoms with E-state index >= 15 is 0 Å². The van der Waals surface area contributed by atoms with E-state index in [0.717, 1.165) is 40.8 Å². The lowest BCUT2D eigenvalue weighted by Crippen LogP contribution is -2.17. The van der Waals surface area contributed by atoms with Gasteiger partial charge in [-0.2, -0.15) is 0 Å². The highest BCUT2D eigenvalue weighted by Gasteiger charge is 2.19. The van der Waals surface area contributed by atoms with E-state index in [1.807, 2.05) is 31.2 Å². The van der Waals surface area contributed by atoms with Crippen LogP contribution in [0.15, 0.2) is 48.5 Å². The number of nitrogens with zero attached hydrogens (tertiary/aromatic N) is 1. The number of aryl methyl sites for hydroxylation is 3. The number of para-hydroxylation sites is 1. The van der Waals surface area contributed by atoms with E-state index in [1.54, 1.807) is 0 Å². The molecule has 3 heteroatoms. The average Bonchev–Trinajstić information content (AvgIpc) is 2.88. The second-order valence-corrected chi connectivity index (χ2v) is 5.74. The summed E-state index contributed by atoms with van der Waals surface area (Å²) in [5, 5.41) is 4.17. The van der Waals surface area contributed by atoms with E-state index in [-0.39, 0.29) is 5.91 Å². The lowest BCUT2D eigenvalue weighted by Gasteiger charge is -2.10. The SMILES string of the molecule is CCc1ccc(NC(=O)c2c(C)c3ccccc3n2CC)cc1. The van der Waals surface area contributed by atoms with Gasteiger partial charge < -0.3 is 9.88 Å². The number of hydrogen-bond donors (Lipinski definition) is 1. The zero-order chi connectivity index (χ0) is 16.4. The van der Waals surface area contributed by atoms with Gasteiger partial charge in [0.1, 0.15) is 5.69 Å². The summed E-state index contributed by atoms with van der Waals surface area (Å²) in [5.41, 5.74) is 4.98. The number of amides is 1. The van der Waals surface area contributed by atoms with Gasteiger partial charge in [0.05, 0.1) is 0 Å². The summed E-state index contributed by atoms with van der Waals surface area (Å²) in [6.45, 7) is 6.98. The molecule has 0 unspecified atom stereocenters. The molecule has 23 heavy (non-hydrogen) atoms. The molecular formula is C20H22N2O. The summed E-state index contributed by atoms with van der Waals surface area (Å²) >= 11 is 0. The summed E-state index contributed by atoms with van der Waals surface area (Å²) in [6, 6.07) is 16.2. The van der Waals surface area contributed by atoms with Crippen molar-refractivity contribution in [3.05, 3.63) is 65.4 Å². The normalized spacial score (nSPS) is 10.9. The number of fused-ring (bicyclic) bond motifs is 1. The number of rotatable bonds is 4. The molecule has 0 radical (unpaired) electrons. The van der Waals surface area contributed by atoms with Crippen molar-refractivity contribution < 1.29 is 4.79 Å². The monoisotopic (exact) mass is 306 g/mol. The Hall–Kier alpha value is -2.55. The third-order valence-electron chi connectivity index (χ3n) is 4.38. The molecule has 0 fully saturated rings. The Bertz CT molecular complexity index is 844. The van der Waals surface area contributed by atoms with Crippen molar-refractivity contribution in [2.45, 2.75) is 33.7 Å². The molecule has 1 heterocycles. The van der Waals surface area contributed by atoms with Crippen LogP contribution in [0.2, 0.25) is 0 Å². The van der Waals surface area contributed by atoms with Gasteiger partial charge in [0, 0.05) is 23.1 Å². The molecule has 0 bridgehead atoms. The number of benzene rings is 2. The first-order valence-corrected chi connectivity index (χ1v) is 8.13. The molecule has 3 rings (SSSR count). The van der Waals surface area contributed by atoms with Gasteiger partial charge in [-0.05, 0) is 49.6 Å². The second-order valence-electron chi connectivity index (χ2n) is 5.74. The van der Waals surface area contributed by atoms with Gasteiger partial charge >= 0.3 is 0 Å². The van der Waals surface area contributed by atoms with Crippen LogP contribution in [0.4, 0.5) is 5.69 Å². The Morgan fingerprint density at radius 1 is 1.04 bits per heavy atom. The fourth-order valence-corrected chi connectivity index (χ4v) is 3.11. The van der Waals surface area contributed by atoms with Crippen LogP contribution in [0.3, 0.4) is 0 Å². The number of anilines is 1. The first-order valence-electron chi connectivity index (χ1n) is 8.13. The minimum absolute atomic E-state index is 0.0511. The summed E-state index contributed by atoms with van der Waals surface area (Å²) < 4.78 is 2.08. The minimum Gasteiger partial charge on any atom is -0.337 e. The molecular weight excluding hydrogens is 284 g/mol. The van der Waals surface area contributed by atoms with Crippen LogP contribution in [0.5, 0.6) is 0 Å². The maximum absolute atomic E-state index is 12.8. The zero-order valence-corrected chi connectivity index (χ0v) is 13.9. The molecule has 3 aromatic rings. The molecule has 0 aliphatic heterocycles. The van der Waals surface area contributed by atoms with Gasteiger partial charge in [-0.1, -0.05) is 37.3 Å². The van der Waals surface area contributed by atoms with Crippen LogP contribution in [0.1, 0.15) is 35.5 Å². The summed E-state index contributed by atoms with van der Waals surface area (Å²) in [4.78, 5) is 12.8. The molecule has 1 aromatic heterocycles. The van der Waals surface area contributed by atoms with Crippen LogP contribution in [-0.4, -0.2) is 10.5 Å². The van der Waals surface area contributed by atoms with Crippen LogP contribution in [0, 0.1) is 6.92 Å². The largest absolute Gasteiger partial charge is 0.337 e. The van der Waals surface area contributed by atoms with Crippen LogP contribution in [0.25, 0.3) is 10.9 Å². The Kier molecular flexibility index (Phi) is 4.20. The Labute approximate surface area is 136 Å². The molecule has 0 aliphatic carbocycles. The third kappa shape index (κ3) is 2.74. The number of hydrogen-bond acceptors (Lipinski definition) is 1. The summed E-state index contributed by atoms with van der Waals surface area (Å²) in [5.74, 6) is -0.0511. The molecule has 0 spiro atoms. The van der Waals surface area contributed by atoms with Gasteiger partial charge in [-0.15, -0.1) is 0 Å². The summed E-state index contributed by atoms with van der Waals surface area (Å²) in [6.07, 6.45) is 0.997. The molecule has 118 valence electrons. The van der Waals surface area contributed by atoms with Crippen molar-refractivity contribution >= 4 is 22.5 Å². The Balaban J connectivity index is 1.98. The first-order chi connectivity index (χ1) is 11.2. The van der Waals surface area contributed by atoms with Crippen LogP contribution in [-0.2, 0) is 13.0 Å². The Morgan fingerprint density at radius 2 is 1.74 bits per heavy atom. The lowest BCUT2D eigenvalue weighted by atomic mass is 10.1. The molecule has 3 nitrogen and oxygen atoms in total. The van der Waals surface area contributed by atoms with Gasteiger partial charge in [-0.3, -0.25) is 4.79 Å². The molecule has 0 atom stereocenters. The van der Waals surface area contributed by atoms with Gasteiger partial charge in [0.15, 0.2) is 0 Å². The van der Waals surface area contributed by atoms with E-state index in [0.29, 0.717) is 0 Å². The molecule has 1 amide bonds. The van der Waals surface area contributed by atoms with Crippen molar-refractivity contribution in [3.63, 3.8) is 0 Å². The van der Waals surface area contributed by atoms with Gasteiger partial charge in [0.25, 0.3) is 5.91 Å². The quantitative estimate of drug-likeness (QED) is 0.739. The minimum atomic E-state index is -0.0511. The fraction of sp³-hybridized carbons (Fsp3) is 0.250. The third-order valence-corrected chi connectivity index (χ3v) is 4.38. The topological polar surface area (TPSA) is 34.0 Å². The Morgan fingerprint density at radius 3 is 2.39 bits per heavy atom. The van der Waals surface area contributed by atoms with Gasteiger partial charge in [0.2, 0.25) is 0 Å². The van der Waals surface area contributed by atoms with E-state index in [9.17, 15) is 4.79 Å². The van der Waals surface area contributed by atoms with Crippen LogP contribution < -0.4 is 5.32 Å². The predicted octanol–water partition coefficient (Wildman–Crippen LogP) is 4.78. The molecule has 0 aliphatic rings. The van der Waals surface area contributed by atoms with Crippen molar-refractivity contribution in [3.8, 4) is 0 Å². The highest BCUT2D eigenvalue weighted by Crippen LogP contribution is 2.26. The van der Waals surface area contributed by atoms with Crippen molar-refractivity contribution in [2.24, 2.45) is 0 Å². The number of carbonyl (C=O) groups excluding carboxylic acids is 1. The zero-order valence-electron chi connectivity index (χ0n) is 13.9. The van der Waals surface area contributed by atoms with Gasteiger partial charge in [-0.25, -0.2) is 0 Å². The van der Waals surface area contributed by atoms with Crippen molar-refractivity contribution in [2.75, 3.05) is 5.32 Å². The lowest BCUT2D eigenvalue weighted by molar-refractivity contribution is 0.101. The highest BCUT2D eigenvalue weighted by molar-refractivity contribution is 6.08. The number of nitrogens with one attached hydrogen (secondary N) is 1. The smallest absolute Gasteiger partial charge is 0.272 e. The van der Waals surface area contributed by atoms with E-state index in [1.165, 1.54) is 5.56 Å². The predicted molar refractivity (Wildman–Crippen MR) is 96.1 cm³/mol. The van der Waals surface area contributed by atoms with E-state index in [4.69, 9.17) is 0 Å². The number of aromatic nitrogens is 1. The first kappa shape index (κ1) is 15.3. The highest BCUT2D eigenvalue weighted by atomic mass is 16.2.